The Kier molecular flexibility index (Phi) is 7.91. The minimum atomic E-state index is 0.234. The molecule has 0 amide bonds. The fraction of sp³-hybridized carbons (Fsp3) is 0. The van der Waals surface area contributed by atoms with Gasteiger partial charge in [-0.05, 0) is 72.8 Å². The molecule has 9 heteroatoms. The average Bonchev–Trinajstić information content (AvgIpc) is 4.27. The Morgan fingerprint density at radius 1 is 0.250 bits per heavy atom. The second-order valence-corrected chi connectivity index (χ2v) is 21.7. The summed E-state index contributed by atoms with van der Waals surface area (Å²) in [6.45, 7) is 0. The third-order valence-corrected chi connectivity index (χ3v) is 18.3. The van der Waals surface area contributed by atoms with Crippen molar-refractivity contribution in [2.24, 2.45) is 0 Å². The normalized spacial score (nSPS) is 12.1. The van der Waals surface area contributed by atoms with Crippen LogP contribution in [0.1, 0.15) is 16.7 Å². The van der Waals surface area contributed by atoms with Gasteiger partial charge in [-0.3, -0.25) is 0 Å². The van der Waals surface area contributed by atoms with Crippen molar-refractivity contribution < 1.29 is 0 Å². The summed E-state index contributed by atoms with van der Waals surface area (Å²) in [6, 6.07) is 72.0. The molecular formula is C63H30N6S3. The third kappa shape index (κ3) is 5.07. The number of fused-ring (bicyclic) bond motifs is 18. The largest absolute Gasteiger partial charge is 0.306 e. The van der Waals surface area contributed by atoms with E-state index in [2.05, 4.69) is 178 Å². The van der Waals surface area contributed by atoms with E-state index in [4.69, 9.17) is 0 Å². The molecule has 0 aliphatic carbocycles. The van der Waals surface area contributed by atoms with E-state index in [1.807, 2.05) is 36.4 Å². The molecule has 72 heavy (non-hydrogen) atoms. The van der Waals surface area contributed by atoms with E-state index in [0.717, 1.165) is 95.7 Å². The summed E-state index contributed by atoms with van der Waals surface area (Å²) >= 11 is 5.21. The van der Waals surface area contributed by atoms with Gasteiger partial charge in [0.15, 0.2) is 0 Å². The lowest BCUT2D eigenvalue weighted by molar-refractivity contribution is 1.06. The van der Waals surface area contributed by atoms with Crippen LogP contribution in [-0.4, -0.2) is 13.7 Å². The number of nitrogens with zero attached hydrogens (tertiary/aromatic N) is 6. The van der Waals surface area contributed by atoms with E-state index in [1.54, 1.807) is 34.0 Å². The van der Waals surface area contributed by atoms with Crippen molar-refractivity contribution in [2.75, 3.05) is 0 Å². The highest BCUT2D eigenvalue weighted by atomic mass is 32.1. The first-order valence-electron chi connectivity index (χ1n) is 23.6. The predicted octanol–water partition coefficient (Wildman–Crippen LogP) is 17.7. The van der Waals surface area contributed by atoms with Crippen LogP contribution in [0.5, 0.6) is 0 Å². The van der Waals surface area contributed by atoms with Gasteiger partial charge < -0.3 is 13.7 Å². The van der Waals surface area contributed by atoms with Crippen LogP contribution in [0, 0.1) is 34.0 Å². The van der Waals surface area contributed by atoms with Gasteiger partial charge in [0.2, 0.25) is 0 Å². The highest BCUT2D eigenvalue weighted by molar-refractivity contribution is 7.26. The molecule has 0 spiro atoms. The molecular weight excluding hydrogens is 937 g/mol. The van der Waals surface area contributed by atoms with Gasteiger partial charge >= 0.3 is 0 Å². The maximum atomic E-state index is 12.1. The first-order chi connectivity index (χ1) is 35.6. The lowest BCUT2D eigenvalue weighted by Crippen LogP contribution is -2.14. The molecule has 10 aromatic carbocycles. The SMILES string of the molecule is N#Cc1c(-n2c3ccccc3c3cc4c(cc32)sc2ccccc24)c(C#N)c(-n2c3ccccc3c3cc4c(cc32)sc2ccccc24)c(C#N)c1-n1c2ccccc2c2cc3c(cc21)sc1ccccc13. The van der Waals surface area contributed by atoms with Gasteiger partial charge in [0.05, 0.1) is 50.2 Å². The second kappa shape index (κ2) is 14.4. The van der Waals surface area contributed by atoms with Gasteiger partial charge in [0.1, 0.15) is 34.9 Å². The Morgan fingerprint density at radius 3 is 0.806 bits per heavy atom. The summed E-state index contributed by atoms with van der Waals surface area (Å²) in [4.78, 5) is 0. The smallest absolute Gasteiger partial charge is 0.104 e. The Balaban J connectivity index is 1.15. The lowest BCUT2D eigenvalue weighted by Gasteiger charge is -2.23. The van der Waals surface area contributed by atoms with Gasteiger partial charge in [-0.15, -0.1) is 34.0 Å². The zero-order chi connectivity index (χ0) is 47.5. The number of hydrogen-bond acceptors (Lipinski definition) is 6. The molecule has 0 aliphatic rings. The molecule has 0 N–H and O–H groups in total. The lowest BCUT2D eigenvalue weighted by atomic mass is 9.96. The molecule has 6 nitrogen and oxygen atoms in total. The highest BCUT2D eigenvalue weighted by Crippen LogP contribution is 2.49. The number of benzene rings is 10. The molecule has 16 aromatic rings. The molecule has 0 radical (unpaired) electrons. The van der Waals surface area contributed by atoms with E-state index in [-0.39, 0.29) is 16.7 Å². The molecule has 0 saturated heterocycles. The minimum absolute atomic E-state index is 0.234. The Bertz CT molecular complexity index is 4740. The van der Waals surface area contributed by atoms with Crippen LogP contribution >= 0.6 is 34.0 Å². The Hall–Kier alpha value is -9.27. The first kappa shape index (κ1) is 39.6. The van der Waals surface area contributed by atoms with Crippen molar-refractivity contribution >= 4 is 160 Å². The van der Waals surface area contributed by atoms with Crippen molar-refractivity contribution in [3.63, 3.8) is 0 Å². The van der Waals surface area contributed by atoms with E-state index in [0.29, 0.717) is 17.1 Å². The zero-order valence-corrected chi connectivity index (χ0v) is 40.2. The molecule has 6 heterocycles. The van der Waals surface area contributed by atoms with Gasteiger partial charge in [-0.25, -0.2) is 0 Å². The summed E-state index contributed by atoms with van der Waals surface area (Å²) in [7, 11) is 0. The molecule has 0 fully saturated rings. The van der Waals surface area contributed by atoms with Gasteiger partial charge in [0, 0.05) is 92.8 Å². The Labute approximate surface area is 420 Å². The fourth-order valence-electron chi connectivity index (χ4n) is 12.0. The summed E-state index contributed by atoms with van der Waals surface area (Å²) in [5, 5.41) is 49.4. The third-order valence-electron chi connectivity index (χ3n) is 14.9. The highest BCUT2D eigenvalue weighted by Gasteiger charge is 2.33. The van der Waals surface area contributed by atoms with E-state index < -0.39 is 0 Å². The van der Waals surface area contributed by atoms with Crippen LogP contribution < -0.4 is 0 Å². The monoisotopic (exact) mass is 966 g/mol. The number of para-hydroxylation sites is 3. The van der Waals surface area contributed by atoms with Crippen LogP contribution in [0.25, 0.3) is 143 Å². The molecule has 0 aliphatic heterocycles. The van der Waals surface area contributed by atoms with Crippen LogP contribution in [0.4, 0.5) is 0 Å². The molecule has 330 valence electrons. The topological polar surface area (TPSA) is 86.2 Å². The van der Waals surface area contributed by atoms with E-state index in [1.165, 1.54) is 30.3 Å². The predicted molar refractivity (Wildman–Crippen MR) is 302 cm³/mol. The summed E-state index contributed by atoms with van der Waals surface area (Å²) in [5.41, 5.74) is 7.16. The first-order valence-corrected chi connectivity index (χ1v) is 26.0. The number of aromatic nitrogens is 3. The molecule has 0 atom stereocenters. The maximum absolute atomic E-state index is 12.1. The van der Waals surface area contributed by atoms with Gasteiger partial charge in [-0.1, -0.05) is 109 Å². The summed E-state index contributed by atoms with van der Waals surface area (Å²) < 4.78 is 13.3. The number of nitriles is 3. The summed E-state index contributed by atoms with van der Waals surface area (Å²) in [5.74, 6) is 0. The van der Waals surface area contributed by atoms with Crippen molar-refractivity contribution in [1.29, 1.82) is 15.8 Å². The Morgan fingerprint density at radius 2 is 0.514 bits per heavy atom. The van der Waals surface area contributed by atoms with Crippen molar-refractivity contribution in [3.05, 3.63) is 199 Å². The minimum Gasteiger partial charge on any atom is -0.306 e. The summed E-state index contributed by atoms with van der Waals surface area (Å²) in [6.07, 6.45) is 0. The second-order valence-electron chi connectivity index (χ2n) is 18.5. The van der Waals surface area contributed by atoms with Crippen molar-refractivity contribution in [2.45, 2.75) is 0 Å². The standard InChI is InChI=1S/C63H30N6S3/c64-31-46-61(67-49-19-7-1-13-34(49)40-25-43-37-16-4-10-22-55(37)70-58(43)28-52(40)67)47(32-65)63(69-51-21-9-3-15-36(51)42-27-45-39-18-6-12-24-57(39)72-60(45)30-54(42)69)48(33-66)62(46)68-50-20-8-2-14-35(50)41-26-44-38-17-5-11-23-56(38)71-59(44)29-53(41)68/h1-30H. The molecule has 0 saturated carbocycles. The fourth-order valence-corrected chi connectivity index (χ4v) is 15.3. The van der Waals surface area contributed by atoms with Crippen LogP contribution in [0.2, 0.25) is 0 Å². The zero-order valence-electron chi connectivity index (χ0n) is 37.7. The number of hydrogen-bond donors (Lipinski definition) is 0. The molecule has 6 aromatic heterocycles. The van der Waals surface area contributed by atoms with Crippen molar-refractivity contribution in [1.82, 2.24) is 13.7 Å². The quantitative estimate of drug-likeness (QED) is 0.177. The van der Waals surface area contributed by atoms with Crippen LogP contribution in [0.3, 0.4) is 0 Å². The van der Waals surface area contributed by atoms with Crippen molar-refractivity contribution in [3.8, 4) is 35.3 Å². The number of thiophene rings is 3. The van der Waals surface area contributed by atoms with Crippen LogP contribution in [-0.2, 0) is 0 Å². The van der Waals surface area contributed by atoms with Gasteiger partial charge in [0.25, 0.3) is 0 Å². The average molecular weight is 967 g/mol. The van der Waals surface area contributed by atoms with Gasteiger partial charge in [-0.2, -0.15) is 15.8 Å². The van der Waals surface area contributed by atoms with Crippen LogP contribution in [0.15, 0.2) is 182 Å². The molecule has 16 rings (SSSR count). The number of rotatable bonds is 3. The maximum Gasteiger partial charge on any atom is 0.104 e. The molecule has 0 bridgehead atoms. The van der Waals surface area contributed by atoms with E-state index in [9.17, 15) is 15.8 Å². The van der Waals surface area contributed by atoms with E-state index >= 15 is 0 Å². The molecule has 0 unspecified atom stereocenters.